The minimum Gasteiger partial charge on any atom is -0.393 e. The third-order valence-electron chi connectivity index (χ3n) is 7.90. The van der Waals surface area contributed by atoms with Crippen molar-refractivity contribution in [3.8, 4) is 11.1 Å². The molecule has 41 heavy (non-hydrogen) atoms. The number of nitrogens with zero attached hydrogens (tertiary/aromatic N) is 4. The number of amides is 2. The van der Waals surface area contributed by atoms with Crippen LogP contribution in [0, 0.1) is 11.7 Å². The maximum Gasteiger partial charge on any atom is 0.272 e. The summed E-state index contributed by atoms with van der Waals surface area (Å²) in [5, 5.41) is 4.00. The van der Waals surface area contributed by atoms with E-state index in [2.05, 4.69) is 22.2 Å². The molecule has 2 aliphatic rings. The molecule has 0 bridgehead atoms. The Labute approximate surface area is 243 Å². The number of nitrogens with one attached hydrogen (secondary N) is 1. The van der Waals surface area contributed by atoms with E-state index < -0.39 is 17.8 Å². The molecule has 2 amide bonds. The lowest BCUT2D eigenvalue weighted by Gasteiger charge is -2.38. The van der Waals surface area contributed by atoms with E-state index in [1.807, 2.05) is 18.2 Å². The monoisotopic (exact) mass is 577 g/mol. The Balaban J connectivity index is 1.48. The minimum atomic E-state index is -0.920. The van der Waals surface area contributed by atoms with Crippen LogP contribution >= 0.6 is 11.6 Å². The van der Waals surface area contributed by atoms with E-state index >= 15 is 0 Å². The van der Waals surface area contributed by atoms with Crippen molar-refractivity contribution in [1.82, 2.24) is 20.2 Å². The van der Waals surface area contributed by atoms with Gasteiger partial charge in [-0.1, -0.05) is 42.8 Å². The highest BCUT2D eigenvalue weighted by molar-refractivity contribution is 6.31. The minimum absolute atomic E-state index is 0.0324. The van der Waals surface area contributed by atoms with Crippen LogP contribution in [0.25, 0.3) is 11.1 Å². The molecular formula is C30H33ClFN7O2. The molecule has 0 spiro atoms. The van der Waals surface area contributed by atoms with Crippen molar-refractivity contribution in [1.29, 1.82) is 0 Å². The smallest absolute Gasteiger partial charge is 0.272 e. The summed E-state index contributed by atoms with van der Waals surface area (Å²) in [4.78, 5) is 37.5. The molecule has 1 aliphatic carbocycles. The van der Waals surface area contributed by atoms with E-state index in [1.165, 1.54) is 29.4 Å². The number of rotatable bonds is 6. The van der Waals surface area contributed by atoms with Crippen LogP contribution in [0.2, 0.25) is 5.02 Å². The van der Waals surface area contributed by atoms with Gasteiger partial charge in [0, 0.05) is 30.5 Å². The number of aromatic nitrogens is 2. The predicted octanol–water partition coefficient (Wildman–Crippen LogP) is 4.24. The van der Waals surface area contributed by atoms with E-state index in [1.54, 1.807) is 12.4 Å². The molecule has 2 heterocycles. The molecule has 1 atom stereocenters. The standard InChI is InChI=1S/C30H33ClFN7O2/c1-18-8-10-20(11-9-18)37-29(40)28-23-5-2-4-21(19-14-35-17-36-15-19)22(23)12-13-38(28)30(41)25(33)16-39(34)26-7-3-6-24(31)27(26)32/h2-7,14-18,20,28H,8-13,33-34H2,1H3,(H,37,40)/b25-16-. The second-order valence-corrected chi connectivity index (χ2v) is 11.1. The van der Waals surface area contributed by atoms with Gasteiger partial charge in [0.2, 0.25) is 5.91 Å². The Morgan fingerprint density at radius 2 is 1.83 bits per heavy atom. The van der Waals surface area contributed by atoms with Gasteiger partial charge in [-0.15, -0.1) is 0 Å². The molecule has 1 saturated carbocycles. The van der Waals surface area contributed by atoms with Crippen molar-refractivity contribution in [2.75, 3.05) is 11.6 Å². The molecule has 1 aromatic heterocycles. The SMILES string of the molecule is CC1CCC(NC(=O)C2c3cccc(-c4cncnc4)c3CCN2C(=O)/C(N)=C/N(N)c2cccc(Cl)c2F)CC1. The van der Waals surface area contributed by atoms with Gasteiger partial charge >= 0.3 is 0 Å². The van der Waals surface area contributed by atoms with Gasteiger partial charge in [0.15, 0.2) is 5.82 Å². The number of carbonyl (C=O) groups excluding carboxylic acids is 2. The van der Waals surface area contributed by atoms with Gasteiger partial charge < -0.3 is 16.0 Å². The number of nitrogens with two attached hydrogens (primary N) is 2. The first-order valence-electron chi connectivity index (χ1n) is 13.7. The van der Waals surface area contributed by atoms with Crippen molar-refractivity contribution in [2.45, 2.75) is 51.1 Å². The number of hydrazine groups is 1. The first-order chi connectivity index (χ1) is 19.7. The van der Waals surface area contributed by atoms with Crippen LogP contribution in [0.4, 0.5) is 10.1 Å². The average molecular weight is 578 g/mol. The Kier molecular flexibility index (Phi) is 8.51. The number of fused-ring (bicyclic) bond motifs is 1. The zero-order valence-corrected chi connectivity index (χ0v) is 23.5. The van der Waals surface area contributed by atoms with Gasteiger partial charge in [-0.25, -0.2) is 20.2 Å². The fourth-order valence-corrected chi connectivity index (χ4v) is 5.87. The van der Waals surface area contributed by atoms with E-state index in [0.717, 1.165) is 53.6 Å². The van der Waals surface area contributed by atoms with Crippen LogP contribution in [-0.4, -0.2) is 39.3 Å². The molecule has 214 valence electrons. The second kappa shape index (κ2) is 12.2. The Morgan fingerprint density at radius 1 is 1.12 bits per heavy atom. The molecule has 1 unspecified atom stereocenters. The Hall–Kier alpha value is -4.02. The van der Waals surface area contributed by atoms with Gasteiger partial charge in [-0.05, 0) is 66.8 Å². The zero-order chi connectivity index (χ0) is 29.1. The maximum atomic E-state index is 14.5. The topological polar surface area (TPSA) is 130 Å². The fourth-order valence-electron chi connectivity index (χ4n) is 5.70. The van der Waals surface area contributed by atoms with E-state index in [4.69, 9.17) is 23.2 Å². The van der Waals surface area contributed by atoms with Crippen molar-refractivity contribution >= 4 is 29.1 Å². The summed E-state index contributed by atoms with van der Waals surface area (Å²) < 4.78 is 14.5. The van der Waals surface area contributed by atoms with Crippen molar-refractivity contribution in [3.63, 3.8) is 0 Å². The van der Waals surface area contributed by atoms with Gasteiger partial charge in [0.25, 0.3) is 5.91 Å². The molecule has 0 saturated heterocycles. The van der Waals surface area contributed by atoms with Crippen molar-refractivity contribution < 1.29 is 14.0 Å². The lowest BCUT2D eigenvalue weighted by molar-refractivity contribution is -0.139. The highest BCUT2D eigenvalue weighted by atomic mass is 35.5. The van der Waals surface area contributed by atoms with Gasteiger partial charge in [0.05, 0.1) is 16.9 Å². The molecule has 5 rings (SSSR count). The van der Waals surface area contributed by atoms with Crippen LogP contribution in [0.3, 0.4) is 0 Å². The van der Waals surface area contributed by atoms with Crippen molar-refractivity contribution in [2.24, 2.45) is 17.5 Å². The summed E-state index contributed by atoms with van der Waals surface area (Å²) in [6, 6.07) is 9.15. The maximum absolute atomic E-state index is 14.5. The fraction of sp³-hybridized carbons (Fsp3) is 0.333. The third kappa shape index (κ3) is 6.03. The number of benzene rings is 2. The summed E-state index contributed by atoms with van der Waals surface area (Å²) in [6.45, 7) is 2.46. The molecule has 1 aliphatic heterocycles. The second-order valence-electron chi connectivity index (χ2n) is 10.7. The van der Waals surface area contributed by atoms with Gasteiger partial charge in [-0.2, -0.15) is 0 Å². The Morgan fingerprint density at radius 3 is 2.56 bits per heavy atom. The van der Waals surface area contributed by atoms with E-state index in [9.17, 15) is 14.0 Å². The molecule has 9 nitrogen and oxygen atoms in total. The third-order valence-corrected chi connectivity index (χ3v) is 8.19. The van der Waals surface area contributed by atoms with Crippen molar-refractivity contribution in [3.05, 3.63) is 89.0 Å². The highest BCUT2D eigenvalue weighted by Gasteiger charge is 2.38. The lowest BCUT2D eigenvalue weighted by atomic mass is 9.85. The number of hydrogen-bond acceptors (Lipinski definition) is 7. The predicted molar refractivity (Wildman–Crippen MR) is 156 cm³/mol. The number of hydrogen-bond donors (Lipinski definition) is 3. The zero-order valence-electron chi connectivity index (χ0n) is 22.8. The summed E-state index contributed by atoms with van der Waals surface area (Å²) in [5.74, 6) is 5.08. The van der Waals surface area contributed by atoms with Crippen LogP contribution in [-0.2, 0) is 16.0 Å². The molecule has 2 aromatic carbocycles. The van der Waals surface area contributed by atoms with E-state index in [0.29, 0.717) is 17.9 Å². The molecule has 5 N–H and O–H groups in total. The van der Waals surface area contributed by atoms with Crippen LogP contribution in [0.15, 0.2) is 67.0 Å². The lowest BCUT2D eigenvalue weighted by Crippen LogP contribution is -2.51. The first-order valence-corrected chi connectivity index (χ1v) is 14.1. The van der Waals surface area contributed by atoms with Gasteiger partial charge in [-0.3, -0.25) is 14.6 Å². The quantitative estimate of drug-likeness (QED) is 0.227. The molecule has 11 heteroatoms. The average Bonchev–Trinajstić information content (AvgIpc) is 2.98. The highest BCUT2D eigenvalue weighted by Crippen LogP contribution is 2.37. The number of carbonyl (C=O) groups is 2. The van der Waals surface area contributed by atoms with Crippen LogP contribution < -0.4 is 21.9 Å². The Bertz CT molecular complexity index is 1460. The van der Waals surface area contributed by atoms with Crippen LogP contribution in [0.5, 0.6) is 0 Å². The molecular weight excluding hydrogens is 545 g/mol. The largest absolute Gasteiger partial charge is 0.393 e. The summed E-state index contributed by atoms with van der Waals surface area (Å²) in [7, 11) is 0. The molecule has 0 radical (unpaired) electrons. The van der Waals surface area contributed by atoms with Gasteiger partial charge in [0.1, 0.15) is 18.1 Å². The summed E-state index contributed by atoms with van der Waals surface area (Å²) in [5.41, 5.74) is 9.33. The summed E-state index contributed by atoms with van der Waals surface area (Å²) >= 11 is 5.89. The number of halogens is 2. The molecule has 1 fully saturated rings. The first kappa shape index (κ1) is 28.5. The molecule has 3 aromatic rings. The van der Waals surface area contributed by atoms with Crippen LogP contribution in [0.1, 0.15) is 49.8 Å². The normalized spacial score (nSPS) is 20.7. The summed E-state index contributed by atoms with van der Waals surface area (Å²) in [6.07, 6.45) is 10.4. The number of anilines is 1. The van der Waals surface area contributed by atoms with E-state index in [-0.39, 0.29) is 34.9 Å².